The zero-order valence-electron chi connectivity index (χ0n) is 11.1. The molecule has 0 radical (unpaired) electrons. The molecule has 6 heteroatoms. The molecule has 104 valence electrons. The molecule has 0 aliphatic heterocycles. The summed E-state index contributed by atoms with van der Waals surface area (Å²) in [5.74, 6) is 0.279. The third-order valence-corrected chi connectivity index (χ3v) is 4.92. The molecule has 3 aromatic rings. The van der Waals surface area contributed by atoms with Crippen molar-refractivity contribution in [2.75, 3.05) is 6.61 Å². The zero-order chi connectivity index (χ0) is 14.1. The topological polar surface area (TPSA) is 52.3 Å². The summed E-state index contributed by atoms with van der Waals surface area (Å²) < 4.78 is 13.0. The van der Waals surface area contributed by atoms with Crippen LogP contribution in [0.4, 0.5) is 0 Å². The van der Waals surface area contributed by atoms with E-state index in [0.717, 1.165) is 4.88 Å². The average Bonchev–Trinajstić information content (AvgIpc) is 3.11. The molecular formula is C14H13NO3S2. The Balaban J connectivity index is 2.01. The predicted octanol–water partition coefficient (Wildman–Crippen LogP) is 4.36. The van der Waals surface area contributed by atoms with E-state index in [1.807, 2.05) is 13.0 Å². The first-order chi connectivity index (χ1) is 9.72. The van der Waals surface area contributed by atoms with Crippen molar-refractivity contribution in [3.63, 3.8) is 0 Å². The number of carbonyl (C=O) groups is 1. The van der Waals surface area contributed by atoms with E-state index in [9.17, 15) is 4.79 Å². The quantitative estimate of drug-likeness (QED) is 0.672. The highest BCUT2D eigenvalue weighted by Gasteiger charge is 2.22. The molecule has 3 rings (SSSR count). The lowest BCUT2D eigenvalue weighted by Gasteiger charge is -1.98. The molecule has 0 amide bonds. The van der Waals surface area contributed by atoms with E-state index >= 15 is 0 Å². The molecule has 0 aliphatic carbocycles. The summed E-state index contributed by atoms with van der Waals surface area (Å²) in [6.07, 6.45) is 0.636. The van der Waals surface area contributed by atoms with Crippen LogP contribution in [0.15, 0.2) is 21.9 Å². The van der Waals surface area contributed by atoms with E-state index in [2.05, 4.69) is 16.4 Å². The van der Waals surface area contributed by atoms with Crippen LogP contribution in [0, 0.1) is 0 Å². The van der Waals surface area contributed by atoms with E-state index in [1.165, 1.54) is 9.40 Å². The number of hydrogen-bond acceptors (Lipinski definition) is 6. The van der Waals surface area contributed by atoms with Crippen molar-refractivity contribution < 1.29 is 13.9 Å². The number of thiophene rings is 2. The van der Waals surface area contributed by atoms with Gasteiger partial charge in [0.2, 0.25) is 11.7 Å². The Morgan fingerprint density at radius 1 is 1.40 bits per heavy atom. The van der Waals surface area contributed by atoms with Gasteiger partial charge in [-0.1, -0.05) is 6.92 Å². The Kier molecular flexibility index (Phi) is 3.58. The van der Waals surface area contributed by atoms with Gasteiger partial charge < -0.3 is 9.15 Å². The van der Waals surface area contributed by atoms with Gasteiger partial charge in [0.1, 0.15) is 0 Å². The Labute approximate surface area is 124 Å². The van der Waals surface area contributed by atoms with Crippen molar-refractivity contribution in [1.29, 1.82) is 0 Å². The van der Waals surface area contributed by atoms with E-state index in [1.54, 1.807) is 29.6 Å². The maximum atomic E-state index is 11.8. The Morgan fingerprint density at radius 2 is 2.25 bits per heavy atom. The van der Waals surface area contributed by atoms with Crippen LogP contribution >= 0.6 is 22.7 Å². The lowest BCUT2D eigenvalue weighted by molar-refractivity contribution is 0.0489. The van der Waals surface area contributed by atoms with Gasteiger partial charge >= 0.3 is 5.97 Å². The summed E-state index contributed by atoms with van der Waals surface area (Å²) in [6, 6.07) is 4.12. The van der Waals surface area contributed by atoms with Gasteiger partial charge in [-0.2, -0.15) is 0 Å². The molecule has 0 bridgehead atoms. The molecule has 3 heterocycles. The highest BCUT2D eigenvalue weighted by atomic mass is 32.1. The summed E-state index contributed by atoms with van der Waals surface area (Å²) in [5, 5.41) is 2.06. The summed E-state index contributed by atoms with van der Waals surface area (Å²) in [4.78, 5) is 17.2. The molecule has 0 spiro atoms. The van der Waals surface area contributed by atoms with Crippen LogP contribution in [0.3, 0.4) is 0 Å². The van der Waals surface area contributed by atoms with Gasteiger partial charge in [-0.05, 0) is 30.9 Å². The van der Waals surface area contributed by atoms with Crippen LogP contribution in [-0.2, 0) is 11.2 Å². The van der Waals surface area contributed by atoms with Crippen molar-refractivity contribution in [2.45, 2.75) is 20.3 Å². The van der Waals surface area contributed by atoms with Crippen LogP contribution in [0.5, 0.6) is 0 Å². The van der Waals surface area contributed by atoms with E-state index in [-0.39, 0.29) is 5.76 Å². The number of hydrogen-bond donors (Lipinski definition) is 0. The first kappa shape index (κ1) is 13.3. The lowest BCUT2D eigenvalue weighted by Crippen LogP contribution is -2.05. The SMILES string of the molecule is CCOC(=O)c1oc(-c2cc3sccc3s2)nc1CC. The third kappa shape index (κ3) is 2.25. The number of carbonyl (C=O) groups excluding carboxylic acids is 1. The number of aromatic nitrogens is 1. The van der Waals surface area contributed by atoms with Gasteiger partial charge in [0.25, 0.3) is 0 Å². The van der Waals surface area contributed by atoms with Crippen molar-refractivity contribution >= 4 is 38.0 Å². The number of ether oxygens (including phenoxy) is 1. The summed E-state index contributed by atoms with van der Waals surface area (Å²) >= 11 is 3.30. The molecule has 0 saturated heterocycles. The van der Waals surface area contributed by atoms with Gasteiger partial charge in [-0.25, -0.2) is 9.78 Å². The summed E-state index contributed by atoms with van der Waals surface area (Å²) in [5.41, 5.74) is 0.648. The maximum absolute atomic E-state index is 11.8. The molecule has 3 aromatic heterocycles. The van der Waals surface area contributed by atoms with Crippen molar-refractivity contribution in [3.8, 4) is 10.8 Å². The number of aryl methyl sites for hydroxylation is 1. The fraction of sp³-hybridized carbons (Fsp3) is 0.286. The molecule has 0 aromatic carbocycles. The highest BCUT2D eigenvalue weighted by Crippen LogP contribution is 2.36. The predicted molar refractivity (Wildman–Crippen MR) is 80.5 cm³/mol. The first-order valence-electron chi connectivity index (χ1n) is 6.37. The molecule has 0 N–H and O–H groups in total. The molecule has 0 unspecified atom stereocenters. The number of nitrogens with zero attached hydrogens (tertiary/aromatic N) is 1. The van der Waals surface area contributed by atoms with Crippen LogP contribution in [0.25, 0.3) is 20.2 Å². The Morgan fingerprint density at radius 3 is 2.95 bits per heavy atom. The van der Waals surface area contributed by atoms with Gasteiger partial charge in [0, 0.05) is 9.40 Å². The van der Waals surface area contributed by atoms with Crippen LogP contribution in [-0.4, -0.2) is 17.6 Å². The molecule has 0 atom stereocenters. The van der Waals surface area contributed by atoms with Crippen molar-refractivity contribution in [2.24, 2.45) is 0 Å². The smallest absolute Gasteiger partial charge is 0.376 e. The van der Waals surface area contributed by atoms with Gasteiger partial charge in [0.15, 0.2) is 0 Å². The van der Waals surface area contributed by atoms with Crippen molar-refractivity contribution in [1.82, 2.24) is 4.98 Å². The van der Waals surface area contributed by atoms with E-state index < -0.39 is 5.97 Å². The minimum absolute atomic E-state index is 0.223. The number of oxazole rings is 1. The molecule has 0 aliphatic rings. The van der Waals surface area contributed by atoms with Crippen LogP contribution in [0.2, 0.25) is 0 Å². The van der Waals surface area contributed by atoms with Crippen LogP contribution in [0.1, 0.15) is 30.1 Å². The molecule has 0 saturated carbocycles. The minimum Gasteiger partial charge on any atom is -0.460 e. The Bertz CT molecular complexity index is 725. The molecular weight excluding hydrogens is 294 g/mol. The molecule has 20 heavy (non-hydrogen) atoms. The largest absolute Gasteiger partial charge is 0.460 e. The minimum atomic E-state index is -0.443. The standard InChI is InChI=1S/C14H13NO3S2/c1-3-8-12(14(16)17-4-2)18-13(15-8)11-7-10-9(20-11)5-6-19-10/h5-7H,3-4H2,1-2H3. The second-order valence-corrected chi connectivity index (χ2v) is 6.16. The fourth-order valence-electron chi connectivity index (χ4n) is 1.92. The van der Waals surface area contributed by atoms with Crippen molar-refractivity contribution in [3.05, 3.63) is 29.0 Å². The second kappa shape index (κ2) is 5.38. The van der Waals surface area contributed by atoms with Gasteiger partial charge in [-0.3, -0.25) is 0 Å². The normalized spacial score (nSPS) is 11.1. The monoisotopic (exact) mass is 307 g/mol. The maximum Gasteiger partial charge on any atom is 0.376 e. The zero-order valence-corrected chi connectivity index (χ0v) is 12.8. The Hall–Kier alpha value is -1.66. The first-order valence-corrected chi connectivity index (χ1v) is 8.06. The second-order valence-electron chi connectivity index (χ2n) is 4.13. The summed E-state index contributed by atoms with van der Waals surface area (Å²) in [7, 11) is 0. The fourth-order valence-corrected chi connectivity index (χ4v) is 3.96. The molecule has 0 fully saturated rings. The van der Waals surface area contributed by atoms with Crippen LogP contribution < -0.4 is 0 Å². The number of fused-ring (bicyclic) bond motifs is 1. The third-order valence-electron chi connectivity index (χ3n) is 2.84. The molecule has 4 nitrogen and oxygen atoms in total. The van der Waals surface area contributed by atoms with Gasteiger partial charge in [0.05, 0.1) is 17.2 Å². The van der Waals surface area contributed by atoms with E-state index in [4.69, 9.17) is 9.15 Å². The average molecular weight is 307 g/mol. The lowest BCUT2D eigenvalue weighted by atomic mass is 10.3. The highest BCUT2D eigenvalue weighted by molar-refractivity contribution is 7.28. The van der Waals surface area contributed by atoms with Gasteiger partial charge in [-0.15, -0.1) is 22.7 Å². The van der Waals surface area contributed by atoms with E-state index in [0.29, 0.717) is 24.6 Å². The number of rotatable bonds is 4. The number of esters is 1. The summed E-state index contributed by atoms with van der Waals surface area (Å²) in [6.45, 7) is 4.04.